The van der Waals surface area contributed by atoms with Crippen LogP contribution in [0.25, 0.3) is 0 Å². The van der Waals surface area contributed by atoms with Crippen molar-refractivity contribution >= 4 is 23.4 Å². The van der Waals surface area contributed by atoms with Gasteiger partial charge in [-0.2, -0.15) is 0 Å². The van der Waals surface area contributed by atoms with Crippen LogP contribution in [0.4, 0.5) is 5.82 Å². The maximum atomic E-state index is 11.0. The monoisotopic (exact) mass is 268 g/mol. The minimum Gasteiger partial charge on any atom is -0.478 e. The second kappa shape index (κ2) is 5.57. The molecule has 0 unspecified atom stereocenters. The van der Waals surface area contributed by atoms with Gasteiger partial charge in [0.15, 0.2) is 0 Å². The molecule has 0 bridgehead atoms. The van der Waals surface area contributed by atoms with E-state index < -0.39 is 5.97 Å². The van der Waals surface area contributed by atoms with Gasteiger partial charge in [0, 0.05) is 19.3 Å². The molecule has 0 spiro atoms. The van der Waals surface area contributed by atoms with Crippen LogP contribution >= 0.6 is 11.6 Å². The van der Waals surface area contributed by atoms with Gasteiger partial charge in [0.2, 0.25) is 0 Å². The Kier molecular flexibility index (Phi) is 4.07. The van der Waals surface area contributed by atoms with Crippen LogP contribution in [-0.2, 0) is 0 Å². The molecule has 98 valence electrons. The first-order chi connectivity index (χ1) is 8.63. The van der Waals surface area contributed by atoms with E-state index in [4.69, 9.17) is 16.7 Å². The minimum absolute atomic E-state index is 0.124. The molecule has 0 aliphatic carbocycles. The van der Waals surface area contributed by atoms with Crippen LogP contribution in [0.15, 0.2) is 12.3 Å². The summed E-state index contributed by atoms with van der Waals surface area (Å²) in [6.45, 7) is 4.00. The van der Waals surface area contributed by atoms with Crippen molar-refractivity contribution < 1.29 is 9.90 Å². The lowest BCUT2D eigenvalue weighted by molar-refractivity contribution is 0.0697. The molecule has 18 heavy (non-hydrogen) atoms. The first kappa shape index (κ1) is 13.1. The molecule has 1 aliphatic heterocycles. The van der Waals surface area contributed by atoms with E-state index in [1.54, 1.807) is 0 Å². The fraction of sp³-hybridized carbons (Fsp3) is 0.538. The number of anilines is 1. The highest BCUT2D eigenvalue weighted by Crippen LogP contribution is 2.30. The Balaban J connectivity index is 2.19. The topological polar surface area (TPSA) is 53.4 Å². The number of halogens is 1. The van der Waals surface area contributed by atoms with Gasteiger partial charge >= 0.3 is 5.97 Å². The maximum absolute atomic E-state index is 11.0. The zero-order chi connectivity index (χ0) is 13.1. The zero-order valence-corrected chi connectivity index (χ0v) is 11.2. The van der Waals surface area contributed by atoms with Crippen molar-refractivity contribution in [2.75, 3.05) is 18.0 Å². The van der Waals surface area contributed by atoms with Crippen molar-refractivity contribution in [1.29, 1.82) is 0 Å². The lowest BCUT2D eigenvalue weighted by atomic mass is 9.94. The minimum atomic E-state index is -1.01. The van der Waals surface area contributed by atoms with E-state index in [1.165, 1.54) is 18.7 Å². The lowest BCUT2D eigenvalue weighted by Gasteiger charge is -2.32. The standard InChI is InChI=1S/C13H17ClN2O2/c1-2-9-4-7-16(8-5-9)12-11(14)10(13(17)18)3-6-15-12/h3,6,9H,2,4-5,7-8H2,1H3,(H,17,18). The first-order valence-electron chi connectivity index (χ1n) is 6.26. The number of hydrogen-bond acceptors (Lipinski definition) is 3. The Morgan fingerprint density at radius 3 is 2.78 bits per heavy atom. The molecule has 2 rings (SSSR count). The summed E-state index contributed by atoms with van der Waals surface area (Å²) in [4.78, 5) is 17.3. The number of rotatable bonds is 3. The van der Waals surface area contributed by atoms with Gasteiger partial charge in [-0.05, 0) is 24.8 Å². The van der Waals surface area contributed by atoms with Crippen molar-refractivity contribution in [3.8, 4) is 0 Å². The van der Waals surface area contributed by atoms with Crippen LogP contribution in [0.5, 0.6) is 0 Å². The number of piperidine rings is 1. The van der Waals surface area contributed by atoms with Crippen molar-refractivity contribution in [3.05, 3.63) is 22.8 Å². The second-order valence-electron chi connectivity index (χ2n) is 4.64. The largest absolute Gasteiger partial charge is 0.478 e. The van der Waals surface area contributed by atoms with E-state index in [0.717, 1.165) is 31.8 Å². The summed E-state index contributed by atoms with van der Waals surface area (Å²) in [6.07, 6.45) is 4.94. The highest BCUT2D eigenvalue weighted by atomic mass is 35.5. The summed E-state index contributed by atoms with van der Waals surface area (Å²) in [5.41, 5.74) is 0.124. The van der Waals surface area contributed by atoms with Crippen LogP contribution in [0.2, 0.25) is 5.02 Å². The van der Waals surface area contributed by atoms with Crippen LogP contribution in [0, 0.1) is 5.92 Å². The smallest absolute Gasteiger partial charge is 0.337 e. The van der Waals surface area contributed by atoms with Gasteiger partial charge in [0.25, 0.3) is 0 Å². The van der Waals surface area contributed by atoms with Gasteiger partial charge in [-0.15, -0.1) is 0 Å². The Bertz CT molecular complexity index is 443. The number of pyridine rings is 1. The average molecular weight is 269 g/mol. The molecule has 2 heterocycles. The maximum Gasteiger partial charge on any atom is 0.337 e. The molecule has 0 amide bonds. The predicted octanol–water partition coefficient (Wildman–Crippen LogP) is 3.06. The quantitative estimate of drug-likeness (QED) is 0.915. The molecular formula is C13H17ClN2O2. The third kappa shape index (κ3) is 2.58. The van der Waals surface area contributed by atoms with Crippen molar-refractivity contribution in [1.82, 2.24) is 4.98 Å². The number of hydrogen-bond donors (Lipinski definition) is 1. The second-order valence-corrected chi connectivity index (χ2v) is 5.02. The Hall–Kier alpha value is -1.29. The van der Waals surface area contributed by atoms with E-state index >= 15 is 0 Å². The molecule has 1 saturated heterocycles. The molecule has 0 saturated carbocycles. The van der Waals surface area contributed by atoms with Crippen LogP contribution in [-0.4, -0.2) is 29.1 Å². The first-order valence-corrected chi connectivity index (χ1v) is 6.64. The number of carboxylic acids is 1. The Morgan fingerprint density at radius 2 is 2.22 bits per heavy atom. The third-order valence-corrected chi connectivity index (χ3v) is 3.97. The SMILES string of the molecule is CCC1CCN(c2nccc(C(=O)O)c2Cl)CC1. The van der Waals surface area contributed by atoms with Crippen molar-refractivity contribution in [2.45, 2.75) is 26.2 Å². The molecule has 1 aromatic heterocycles. The summed E-state index contributed by atoms with van der Waals surface area (Å²) in [6, 6.07) is 1.44. The fourth-order valence-electron chi connectivity index (χ4n) is 2.37. The summed E-state index contributed by atoms with van der Waals surface area (Å²) in [7, 11) is 0. The molecule has 5 heteroatoms. The summed E-state index contributed by atoms with van der Waals surface area (Å²) < 4.78 is 0. The van der Waals surface area contributed by atoms with E-state index in [2.05, 4.69) is 16.8 Å². The highest BCUT2D eigenvalue weighted by molar-refractivity contribution is 6.35. The summed E-state index contributed by atoms with van der Waals surface area (Å²) >= 11 is 6.12. The molecule has 0 aromatic carbocycles. The number of carboxylic acid groups (broad SMARTS) is 1. The number of aromatic carboxylic acids is 1. The summed E-state index contributed by atoms with van der Waals surface area (Å²) in [5.74, 6) is 0.362. The Labute approximate surface area is 112 Å². The van der Waals surface area contributed by atoms with Gasteiger partial charge in [0.05, 0.1) is 10.6 Å². The number of aromatic nitrogens is 1. The predicted molar refractivity (Wildman–Crippen MR) is 71.4 cm³/mol. The highest BCUT2D eigenvalue weighted by Gasteiger charge is 2.22. The van der Waals surface area contributed by atoms with Crippen LogP contribution in [0.1, 0.15) is 36.5 Å². The molecular weight excluding hydrogens is 252 g/mol. The summed E-state index contributed by atoms with van der Waals surface area (Å²) in [5, 5.41) is 9.29. The molecule has 1 aliphatic rings. The molecule has 4 nitrogen and oxygen atoms in total. The van der Waals surface area contributed by atoms with E-state index in [-0.39, 0.29) is 10.6 Å². The van der Waals surface area contributed by atoms with Gasteiger partial charge in [-0.1, -0.05) is 24.9 Å². The number of carbonyl (C=O) groups is 1. The van der Waals surface area contributed by atoms with Gasteiger partial charge in [0.1, 0.15) is 5.82 Å². The van der Waals surface area contributed by atoms with Gasteiger partial charge < -0.3 is 10.0 Å². The van der Waals surface area contributed by atoms with Crippen LogP contribution in [0.3, 0.4) is 0 Å². The van der Waals surface area contributed by atoms with Crippen molar-refractivity contribution in [2.24, 2.45) is 5.92 Å². The molecule has 0 radical (unpaired) electrons. The molecule has 1 N–H and O–H groups in total. The average Bonchev–Trinajstić information content (AvgIpc) is 2.39. The van der Waals surface area contributed by atoms with Gasteiger partial charge in [-0.25, -0.2) is 9.78 Å². The van der Waals surface area contributed by atoms with E-state index in [1.807, 2.05) is 0 Å². The fourth-order valence-corrected chi connectivity index (χ4v) is 2.68. The van der Waals surface area contributed by atoms with E-state index in [9.17, 15) is 4.79 Å². The van der Waals surface area contributed by atoms with Crippen LogP contribution < -0.4 is 4.90 Å². The van der Waals surface area contributed by atoms with Crippen molar-refractivity contribution in [3.63, 3.8) is 0 Å². The molecule has 1 aromatic rings. The molecule has 0 atom stereocenters. The number of nitrogens with zero attached hydrogens (tertiary/aromatic N) is 2. The Morgan fingerprint density at radius 1 is 1.56 bits per heavy atom. The molecule has 1 fully saturated rings. The zero-order valence-electron chi connectivity index (χ0n) is 10.4. The van der Waals surface area contributed by atoms with E-state index in [0.29, 0.717) is 5.82 Å². The lowest BCUT2D eigenvalue weighted by Crippen LogP contribution is -2.34. The third-order valence-electron chi connectivity index (χ3n) is 3.59. The normalized spacial score (nSPS) is 16.9. The van der Waals surface area contributed by atoms with Gasteiger partial charge in [-0.3, -0.25) is 0 Å².